The molecule has 0 bridgehead atoms. The summed E-state index contributed by atoms with van der Waals surface area (Å²) in [5.41, 5.74) is 4.18. The Labute approximate surface area is 152 Å². The van der Waals surface area contributed by atoms with Gasteiger partial charge in [-0.15, -0.1) is 0 Å². The van der Waals surface area contributed by atoms with Gasteiger partial charge in [0, 0.05) is 0 Å². The molecule has 1 saturated heterocycles. The highest BCUT2D eigenvalue weighted by Gasteiger charge is 2.15. The van der Waals surface area contributed by atoms with Crippen LogP contribution in [0.5, 0.6) is 5.75 Å². The van der Waals surface area contributed by atoms with Crippen molar-refractivity contribution < 1.29 is 4.74 Å². The van der Waals surface area contributed by atoms with Gasteiger partial charge in [-0.25, -0.2) is 0 Å². The maximum Gasteiger partial charge on any atom is 0.119 e. The topological polar surface area (TPSA) is 21.3 Å². The fourth-order valence-corrected chi connectivity index (χ4v) is 3.17. The lowest BCUT2D eigenvalue weighted by Gasteiger charge is -2.26. The van der Waals surface area contributed by atoms with Crippen LogP contribution in [0.1, 0.15) is 50.3 Å². The fourth-order valence-electron chi connectivity index (χ4n) is 3.17. The molecule has 0 aliphatic carbocycles. The lowest BCUT2D eigenvalue weighted by molar-refractivity contribution is 0.306. The second kappa shape index (κ2) is 8.05. The van der Waals surface area contributed by atoms with E-state index in [2.05, 4.69) is 74.6 Å². The molecule has 1 heterocycles. The minimum Gasteiger partial charge on any atom is -0.489 e. The zero-order valence-electron chi connectivity index (χ0n) is 15.8. The average molecular weight is 338 g/mol. The molecule has 0 unspecified atom stereocenters. The van der Waals surface area contributed by atoms with Crippen molar-refractivity contribution in [2.45, 2.75) is 52.1 Å². The van der Waals surface area contributed by atoms with Crippen molar-refractivity contribution in [2.24, 2.45) is 5.92 Å². The molecular formula is C23H31NO. The number of rotatable bonds is 7. The van der Waals surface area contributed by atoms with Gasteiger partial charge < -0.3 is 10.1 Å². The van der Waals surface area contributed by atoms with E-state index in [0.717, 1.165) is 11.7 Å². The third-order valence-electron chi connectivity index (χ3n) is 5.09. The number of ether oxygens (including phenoxy) is 1. The van der Waals surface area contributed by atoms with Gasteiger partial charge in [-0.3, -0.25) is 0 Å². The Bertz CT molecular complexity index is 648. The Morgan fingerprint density at radius 2 is 1.56 bits per heavy atom. The molecular weight excluding hydrogens is 306 g/mol. The predicted octanol–water partition coefficient (Wildman–Crippen LogP) is 5.11. The van der Waals surface area contributed by atoms with Gasteiger partial charge >= 0.3 is 0 Å². The molecule has 1 N–H and O–H groups in total. The van der Waals surface area contributed by atoms with Gasteiger partial charge in [-0.05, 0) is 72.5 Å². The molecule has 1 aliphatic rings. The minimum absolute atomic E-state index is 0.199. The first kappa shape index (κ1) is 18.0. The van der Waals surface area contributed by atoms with E-state index in [1.165, 1.54) is 49.0 Å². The van der Waals surface area contributed by atoms with E-state index in [1.807, 2.05) is 0 Å². The van der Waals surface area contributed by atoms with E-state index in [9.17, 15) is 0 Å². The molecule has 0 atom stereocenters. The van der Waals surface area contributed by atoms with E-state index < -0.39 is 0 Å². The number of benzene rings is 2. The Kier molecular flexibility index (Phi) is 5.80. The zero-order chi connectivity index (χ0) is 17.7. The van der Waals surface area contributed by atoms with Gasteiger partial charge in [-0.2, -0.15) is 0 Å². The zero-order valence-corrected chi connectivity index (χ0v) is 15.8. The van der Waals surface area contributed by atoms with Crippen LogP contribution in [0.2, 0.25) is 0 Å². The second-order valence-electron chi connectivity index (χ2n) is 8.30. The number of hydrogen-bond acceptors (Lipinski definition) is 2. The van der Waals surface area contributed by atoms with Crippen molar-refractivity contribution in [3.05, 3.63) is 65.2 Å². The molecule has 2 aromatic carbocycles. The molecule has 0 saturated carbocycles. The monoisotopic (exact) mass is 337 g/mol. The lowest BCUT2D eigenvalue weighted by Crippen LogP contribution is -2.41. The SMILES string of the molecule is CC(C)(C)c1ccc(COc2ccc(CCCC3CNC3)cc2)cc1. The minimum atomic E-state index is 0.199. The van der Waals surface area contributed by atoms with Crippen LogP contribution in [-0.4, -0.2) is 13.1 Å². The lowest BCUT2D eigenvalue weighted by atomic mass is 9.87. The van der Waals surface area contributed by atoms with Crippen molar-refractivity contribution in [3.63, 3.8) is 0 Å². The van der Waals surface area contributed by atoms with Gasteiger partial charge in [0.25, 0.3) is 0 Å². The van der Waals surface area contributed by atoms with E-state index in [1.54, 1.807) is 0 Å². The predicted molar refractivity (Wildman–Crippen MR) is 105 cm³/mol. The molecule has 2 nitrogen and oxygen atoms in total. The molecule has 0 radical (unpaired) electrons. The Hall–Kier alpha value is -1.80. The summed E-state index contributed by atoms with van der Waals surface area (Å²) in [6.45, 7) is 9.76. The number of nitrogens with one attached hydrogen (secondary N) is 1. The van der Waals surface area contributed by atoms with E-state index in [-0.39, 0.29) is 5.41 Å². The molecule has 25 heavy (non-hydrogen) atoms. The first-order chi connectivity index (χ1) is 12.0. The third-order valence-corrected chi connectivity index (χ3v) is 5.09. The second-order valence-corrected chi connectivity index (χ2v) is 8.30. The van der Waals surface area contributed by atoms with Crippen LogP contribution in [-0.2, 0) is 18.4 Å². The smallest absolute Gasteiger partial charge is 0.119 e. The molecule has 3 rings (SSSR count). The number of hydrogen-bond donors (Lipinski definition) is 1. The molecule has 2 heteroatoms. The Morgan fingerprint density at radius 3 is 2.12 bits per heavy atom. The van der Waals surface area contributed by atoms with Crippen LogP contribution in [0.3, 0.4) is 0 Å². The molecule has 1 fully saturated rings. The summed E-state index contributed by atoms with van der Waals surface area (Å²) < 4.78 is 5.93. The summed E-state index contributed by atoms with van der Waals surface area (Å²) in [5, 5.41) is 3.34. The van der Waals surface area contributed by atoms with Crippen molar-refractivity contribution in [2.75, 3.05) is 13.1 Å². The standard InChI is InChI=1S/C23H31NO/c1-23(2,3)21-11-7-19(8-12-21)17-25-22-13-9-18(10-14-22)5-4-6-20-15-24-16-20/h7-14,20,24H,4-6,15-17H2,1-3H3. The van der Waals surface area contributed by atoms with Crippen LogP contribution in [0.4, 0.5) is 0 Å². The van der Waals surface area contributed by atoms with Gasteiger partial charge in [0.1, 0.15) is 12.4 Å². The Balaban J connectivity index is 1.44. The summed E-state index contributed by atoms with van der Waals surface area (Å²) in [5.74, 6) is 1.86. The highest BCUT2D eigenvalue weighted by Crippen LogP contribution is 2.23. The van der Waals surface area contributed by atoms with Crippen LogP contribution in [0.15, 0.2) is 48.5 Å². The van der Waals surface area contributed by atoms with E-state index in [4.69, 9.17) is 4.74 Å². The quantitative estimate of drug-likeness (QED) is 0.758. The number of aryl methyl sites for hydroxylation is 1. The molecule has 2 aromatic rings. The van der Waals surface area contributed by atoms with E-state index in [0.29, 0.717) is 6.61 Å². The van der Waals surface area contributed by atoms with Crippen molar-refractivity contribution in [1.29, 1.82) is 0 Å². The fraction of sp³-hybridized carbons (Fsp3) is 0.478. The molecule has 0 spiro atoms. The van der Waals surface area contributed by atoms with Crippen molar-refractivity contribution in [3.8, 4) is 5.75 Å². The largest absolute Gasteiger partial charge is 0.489 e. The van der Waals surface area contributed by atoms with Crippen molar-refractivity contribution in [1.82, 2.24) is 5.32 Å². The van der Waals surface area contributed by atoms with Crippen LogP contribution >= 0.6 is 0 Å². The highest BCUT2D eigenvalue weighted by molar-refractivity contribution is 5.29. The van der Waals surface area contributed by atoms with Crippen LogP contribution in [0.25, 0.3) is 0 Å². The third kappa shape index (κ3) is 5.34. The highest BCUT2D eigenvalue weighted by atomic mass is 16.5. The maximum atomic E-state index is 5.93. The summed E-state index contributed by atoms with van der Waals surface area (Å²) in [6.07, 6.45) is 3.80. The summed E-state index contributed by atoms with van der Waals surface area (Å²) in [6, 6.07) is 17.4. The van der Waals surface area contributed by atoms with Crippen molar-refractivity contribution >= 4 is 0 Å². The van der Waals surface area contributed by atoms with Gasteiger partial charge in [0.2, 0.25) is 0 Å². The van der Waals surface area contributed by atoms with Crippen LogP contribution in [0, 0.1) is 5.92 Å². The van der Waals surface area contributed by atoms with Gasteiger partial charge in [0.15, 0.2) is 0 Å². The maximum absolute atomic E-state index is 5.93. The first-order valence-corrected chi connectivity index (χ1v) is 9.52. The molecule has 0 aromatic heterocycles. The molecule has 134 valence electrons. The van der Waals surface area contributed by atoms with Gasteiger partial charge in [-0.1, -0.05) is 57.2 Å². The molecule has 0 amide bonds. The summed E-state index contributed by atoms with van der Waals surface area (Å²) in [4.78, 5) is 0. The molecule has 1 aliphatic heterocycles. The van der Waals surface area contributed by atoms with Crippen LogP contribution < -0.4 is 10.1 Å². The summed E-state index contributed by atoms with van der Waals surface area (Å²) >= 11 is 0. The average Bonchev–Trinajstić information content (AvgIpc) is 2.56. The Morgan fingerprint density at radius 1 is 0.920 bits per heavy atom. The normalized spacial score (nSPS) is 15.0. The summed E-state index contributed by atoms with van der Waals surface area (Å²) in [7, 11) is 0. The first-order valence-electron chi connectivity index (χ1n) is 9.52. The van der Waals surface area contributed by atoms with E-state index >= 15 is 0 Å². The van der Waals surface area contributed by atoms with Gasteiger partial charge in [0.05, 0.1) is 0 Å².